The molecule has 1 amide bonds. The predicted octanol–water partition coefficient (Wildman–Crippen LogP) is 3.48. The lowest BCUT2D eigenvalue weighted by atomic mass is 10.3. The lowest BCUT2D eigenvalue weighted by molar-refractivity contribution is -0.116. The summed E-state index contributed by atoms with van der Waals surface area (Å²) in [5.41, 5.74) is 0.541. The van der Waals surface area contributed by atoms with Crippen LogP contribution in [0.2, 0.25) is 10.0 Å². The number of benzene rings is 1. The van der Waals surface area contributed by atoms with Crippen molar-refractivity contribution in [2.45, 2.75) is 6.42 Å². The van der Waals surface area contributed by atoms with Gasteiger partial charge in [0, 0.05) is 4.47 Å². The Labute approximate surface area is 105 Å². The van der Waals surface area contributed by atoms with E-state index < -0.39 is 0 Å². The third kappa shape index (κ3) is 2.07. The minimum Gasteiger partial charge on any atom is -0.489 e. The first kappa shape index (κ1) is 11.0. The number of hydrogen-bond acceptors (Lipinski definition) is 2. The number of halogens is 3. The van der Waals surface area contributed by atoms with Crippen molar-refractivity contribution in [1.29, 1.82) is 0 Å². The van der Waals surface area contributed by atoms with E-state index in [1.807, 2.05) is 0 Å². The molecule has 1 N–H and O–H groups in total. The fraction of sp³-hybridized carbons (Fsp3) is 0.222. The molecule has 0 saturated heterocycles. The van der Waals surface area contributed by atoms with Crippen LogP contribution in [0.1, 0.15) is 6.42 Å². The van der Waals surface area contributed by atoms with E-state index in [0.717, 1.165) is 0 Å². The van der Waals surface area contributed by atoms with Crippen LogP contribution in [0.25, 0.3) is 0 Å². The van der Waals surface area contributed by atoms with E-state index in [2.05, 4.69) is 21.2 Å². The average Bonchev–Trinajstić information content (AvgIpc) is 2.36. The monoisotopic (exact) mass is 309 g/mol. The van der Waals surface area contributed by atoms with Crippen molar-refractivity contribution in [2.75, 3.05) is 11.9 Å². The Morgan fingerprint density at radius 1 is 1.40 bits per heavy atom. The molecule has 1 aliphatic heterocycles. The Hall–Kier alpha value is -0.450. The lowest BCUT2D eigenvalue weighted by Crippen LogP contribution is -2.10. The number of fused-ring (bicyclic) bond motifs is 1. The molecule has 15 heavy (non-hydrogen) atoms. The van der Waals surface area contributed by atoms with Crippen LogP contribution in [0.3, 0.4) is 0 Å². The van der Waals surface area contributed by atoms with Crippen LogP contribution in [0.15, 0.2) is 10.5 Å². The van der Waals surface area contributed by atoms with Gasteiger partial charge in [-0.25, -0.2) is 0 Å². The first-order valence-electron chi connectivity index (χ1n) is 4.19. The van der Waals surface area contributed by atoms with E-state index in [9.17, 15) is 4.79 Å². The number of rotatable bonds is 0. The molecule has 1 aliphatic rings. The molecule has 0 saturated carbocycles. The summed E-state index contributed by atoms with van der Waals surface area (Å²) in [4.78, 5) is 11.3. The van der Waals surface area contributed by atoms with E-state index in [4.69, 9.17) is 27.9 Å². The molecule has 0 aliphatic carbocycles. The molecule has 1 aromatic carbocycles. The van der Waals surface area contributed by atoms with Crippen LogP contribution in [-0.2, 0) is 4.79 Å². The standard InChI is InChI=1S/C9H6BrCl2NO2/c10-4-3-5-9(8(12)7(4)11)15-2-1-6(14)13-5/h3H,1-2H2,(H,13,14). The average molecular weight is 311 g/mol. The van der Waals surface area contributed by atoms with Gasteiger partial charge in [0.15, 0.2) is 5.75 Å². The summed E-state index contributed by atoms with van der Waals surface area (Å²) in [6.45, 7) is 0.302. The fourth-order valence-electron chi connectivity index (χ4n) is 1.27. The van der Waals surface area contributed by atoms with Crippen LogP contribution in [0, 0.1) is 0 Å². The van der Waals surface area contributed by atoms with Gasteiger partial charge >= 0.3 is 0 Å². The van der Waals surface area contributed by atoms with Gasteiger partial charge in [0.05, 0.1) is 23.7 Å². The van der Waals surface area contributed by atoms with Crippen molar-refractivity contribution in [2.24, 2.45) is 0 Å². The van der Waals surface area contributed by atoms with Crippen molar-refractivity contribution < 1.29 is 9.53 Å². The van der Waals surface area contributed by atoms with Crippen LogP contribution in [-0.4, -0.2) is 12.5 Å². The zero-order chi connectivity index (χ0) is 11.0. The fourth-order valence-corrected chi connectivity index (χ4v) is 2.21. The second kappa shape index (κ2) is 4.20. The molecule has 0 unspecified atom stereocenters. The van der Waals surface area contributed by atoms with Crippen molar-refractivity contribution in [3.63, 3.8) is 0 Å². The molecular weight excluding hydrogens is 305 g/mol. The molecule has 6 heteroatoms. The quantitative estimate of drug-likeness (QED) is 0.745. The predicted molar refractivity (Wildman–Crippen MR) is 62.9 cm³/mol. The van der Waals surface area contributed by atoms with Gasteiger partial charge in [0.25, 0.3) is 0 Å². The summed E-state index contributed by atoms with van der Waals surface area (Å²) in [5.74, 6) is 0.328. The topological polar surface area (TPSA) is 38.3 Å². The minimum absolute atomic E-state index is 0.0981. The van der Waals surface area contributed by atoms with Gasteiger partial charge in [-0.15, -0.1) is 0 Å². The molecule has 0 spiro atoms. The van der Waals surface area contributed by atoms with E-state index in [0.29, 0.717) is 39.0 Å². The summed E-state index contributed by atoms with van der Waals surface area (Å²) in [6, 6.07) is 1.67. The molecule has 0 aromatic heterocycles. The van der Waals surface area contributed by atoms with Crippen LogP contribution in [0.4, 0.5) is 5.69 Å². The first-order chi connectivity index (χ1) is 7.09. The lowest BCUT2D eigenvalue weighted by Gasteiger charge is -2.11. The number of amides is 1. The van der Waals surface area contributed by atoms with E-state index >= 15 is 0 Å². The number of anilines is 1. The van der Waals surface area contributed by atoms with E-state index in [-0.39, 0.29) is 5.91 Å². The Bertz CT molecular complexity index is 437. The van der Waals surface area contributed by atoms with E-state index in [1.54, 1.807) is 6.07 Å². The number of carbonyl (C=O) groups excluding carboxylic acids is 1. The third-order valence-electron chi connectivity index (χ3n) is 1.97. The van der Waals surface area contributed by atoms with Gasteiger partial charge < -0.3 is 10.1 Å². The second-order valence-electron chi connectivity index (χ2n) is 3.01. The van der Waals surface area contributed by atoms with Gasteiger partial charge in [-0.05, 0) is 22.0 Å². The van der Waals surface area contributed by atoms with Crippen LogP contribution in [0.5, 0.6) is 5.75 Å². The highest BCUT2D eigenvalue weighted by Gasteiger charge is 2.20. The third-order valence-corrected chi connectivity index (χ3v) is 3.67. The molecule has 80 valence electrons. The van der Waals surface area contributed by atoms with Crippen molar-refractivity contribution in [1.82, 2.24) is 0 Å². The number of carbonyl (C=O) groups is 1. The van der Waals surface area contributed by atoms with Crippen molar-refractivity contribution in [3.05, 3.63) is 20.6 Å². The smallest absolute Gasteiger partial charge is 0.227 e. The first-order valence-corrected chi connectivity index (χ1v) is 5.74. The molecular formula is C9H6BrCl2NO2. The van der Waals surface area contributed by atoms with Gasteiger partial charge in [0.2, 0.25) is 5.91 Å². The molecule has 2 rings (SSSR count). The van der Waals surface area contributed by atoms with Crippen molar-refractivity contribution in [3.8, 4) is 5.75 Å². The van der Waals surface area contributed by atoms with E-state index in [1.165, 1.54) is 0 Å². The molecule has 1 aromatic rings. The molecule has 0 atom stereocenters. The van der Waals surface area contributed by atoms with Crippen molar-refractivity contribution >= 4 is 50.7 Å². The summed E-state index contributed by atoms with van der Waals surface area (Å²) in [7, 11) is 0. The molecule has 0 fully saturated rings. The number of ether oxygens (including phenoxy) is 1. The number of nitrogens with one attached hydrogen (secondary N) is 1. The molecule has 3 nitrogen and oxygen atoms in total. The second-order valence-corrected chi connectivity index (χ2v) is 4.62. The summed E-state index contributed by atoms with van der Waals surface area (Å²) in [6.07, 6.45) is 0.306. The molecule has 0 radical (unpaired) electrons. The largest absolute Gasteiger partial charge is 0.489 e. The maximum Gasteiger partial charge on any atom is 0.227 e. The summed E-state index contributed by atoms with van der Waals surface area (Å²) in [5, 5.41) is 3.38. The van der Waals surface area contributed by atoms with Gasteiger partial charge in [0.1, 0.15) is 5.02 Å². The maximum atomic E-state index is 11.3. The van der Waals surface area contributed by atoms with Crippen LogP contribution < -0.4 is 10.1 Å². The van der Waals surface area contributed by atoms with Crippen LogP contribution >= 0.6 is 39.1 Å². The Kier molecular flexibility index (Phi) is 3.09. The highest BCUT2D eigenvalue weighted by Crippen LogP contribution is 2.43. The normalized spacial score (nSPS) is 15.0. The number of hydrogen-bond donors (Lipinski definition) is 1. The highest BCUT2D eigenvalue weighted by atomic mass is 79.9. The molecule has 1 heterocycles. The summed E-state index contributed by atoms with van der Waals surface area (Å²) < 4.78 is 5.99. The van der Waals surface area contributed by atoms with Gasteiger partial charge in [-0.2, -0.15) is 0 Å². The Balaban J connectivity index is 2.57. The highest BCUT2D eigenvalue weighted by molar-refractivity contribution is 9.10. The minimum atomic E-state index is -0.0981. The zero-order valence-electron chi connectivity index (χ0n) is 7.44. The Morgan fingerprint density at radius 2 is 2.13 bits per heavy atom. The van der Waals surface area contributed by atoms with Gasteiger partial charge in [-0.1, -0.05) is 23.2 Å². The summed E-state index contributed by atoms with van der Waals surface area (Å²) >= 11 is 15.2. The maximum absolute atomic E-state index is 11.3. The Morgan fingerprint density at radius 3 is 2.87 bits per heavy atom. The SMILES string of the molecule is O=C1CCOc2c(cc(Br)c(Cl)c2Cl)N1. The molecule has 0 bridgehead atoms. The zero-order valence-corrected chi connectivity index (χ0v) is 10.5. The van der Waals surface area contributed by atoms with Gasteiger partial charge in [-0.3, -0.25) is 4.79 Å².